The van der Waals surface area contributed by atoms with Gasteiger partial charge in [-0.3, -0.25) is 14.6 Å². The first kappa shape index (κ1) is 19.0. The van der Waals surface area contributed by atoms with Crippen molar-refractivity contribution in [3.63, 3.8) is 0 Å². The van der Waals surface area contributed by atoms with E-state index in [4.69, 9.17) is 5.26 Å². The molecule has 7 nitrogen and oxygen atoms in total. The smallest absolute Gasteiger partial charge is 0.254 e. The van der Waals surface area contributed by atoms with Crippen molar-refractivity contribution in [3.05, 3.63) is 75.8 Å². The minimum atomic E-state index is -0.268. The van der Waals surface area contributed by atoms with Crippen molar-refractivity contribution in [3.8, 4) is 17.6 Å². The fourth-order valence-electron chi connectivity index (χ4n) is 2.86. The molecule has 1 aromatic carbocycles. The van der Waals surface area contributed by atoms with Crippen LogP contribution in [0.2, 0.25) is 0 Å². The number of anilines is 1. The van der Waals surface area contributed by atoms with Crippen molar-refractivity contribution < 1.29 is 4.79 Å². The van der Waals surface area contributed by atoms with Crippen molar-refractivity contribution in [1.82, 2.24) is 15.0 Å². The zero-order valence-electron chi connectivity index (χ0n) is 15.6. The minimum Gasteiger partial charge on any atom is -0.315 e. The molecule has 2 aromatic heterocycles. The predicted molar refractivity (Wildman–Crippen MR) is 106 cm³/mol. The first-order valence-corrected chi connectivity index (χ1v) is 8.77. The van der Waals surface area contributed by atoms with E-state index in [-0.39, 0.29) is 24.3 Å². The van der Waals surface area contributed by atoms with Gasteiger partial charge < -0.3 is 9.88 Å². The molecule has 3 rings (SSSR count). The van der Waals surface area contributed by atoms with Gasteiger partial charge >= 0.3 is 0 Å². The number of benzene rings is 1. The topological polar surface area (TPSA) is 103 Å². The highest BCUT2D eigenvalue weighted by atomic mass is 16.2. The van der Waals surface area contributed by atoms with E-state index in [1.54, 1.807) is 56.6 Å². The lowest BCUT2D eigenvalue weighted by molar-refractivity contribution is -0.118. The summed E-state index contributed by atoms with van der Waals surface area (Å²) in [7, 11) is 1.65. The van der Waals surface area contributed by atoms with Gasteiger partial charge in [-0.25, -0.2) is 4.98 Å². The molecule has 0 aliphatic carbocycles. The van der Waals surface area contributed by atoms with Crippen LogP contribution >= 0.6 is 0 Å². The largest absolute Gasteiger partial charge is 0.315 e. The SMILES string of the molecule is Cc1nc(-c2ccccn2)[nH]c(=O)c1CCC(=O)N(C)c1cccc(C#N)c1. The molecule has 0 spiro atoms. The lowest BCUT2D eigenvalue weighted by Crippen LogP contribution is -2.27. The summed E-state index contributed by atoms with van der Waals surface area (Å²) in [4.78, 5) is 37.9. The second-order valence-electron chi connectivity index (χ2n) is 6.31. The van der Waals surface area contributed by atoms with Crippen molar-refractivity contribution >= 4 is 11.6 Å². The third-order valence-corrected chi connectivity index (χ3v) is 4.46. The summed E-state index contributed by atoms with van der Waals surface area (Å²) in [5, 5.41) is 9.00. The van der Waals surface area contributed by atoms with Crippen LogP contribution in [0, 0.1) is 18.3 Å². The van der Waals surface area contributed by atoms with Crippen LogP contribution in [0.1, 0.15) is 23.2 Å². The number of nitriles is 1. The molecule has 0 radical (unpaired) electrons. The number of hydrogen-bond donors (Lipinski definition) is 1. The molecule has 7 heteroatoms. The fraction of sp³-hybridized carbons (Fsp3) is 0.190. The molecule has 1 amide bonds. The molecule has 28 heavy (non-hydrogen) atoms. The number of rotatable bonds is 5. The molecule has 0 bridgehead atoms. The van der Waals surface area contributed by atoms with Gasteiger partial charge in [-0.1, -0.05) is 12.1 Å². The number of pyridine rings is 1. The molecule has 0 saturated carbocycles. The van der Waals surface area contributed by atoms with Gasteiger partial charge in [0.2, 0.25) is 5.91 Å². The number of aryl methyl sites for hydroxylation is 1. The maximum atomic E-state index is 12.5. The van der Waals surface area contributed by atoms with E-state index in [0.29, 0.717) is 34.0 Å². The summed E-state index contributed by atoms with van der Waals surface area (Å²) in [6.07, 6.45) is 2.06. The van der Waals surface area contributed by atoms with E-state index in [9.17, 15) is 9.59 Å². The van der Waals surface area contributed by atoms with E-state index in [0.717, 1.165) is 0 Å². The quantitative estimate of drug-likeness (QED) is 0.740. The molecule has 3 aromatic rings. The van der Waals surface area contributed by atoms with Gasteiger partial charge in [-0.15, -0.1) is 0 Å². The molecule has 0 aliphatic heterocycles. The van der Waals surface area contributed by atoms with Gasteiger partial charge in [-0.2, -0.15) is 5.26 Å². The summed E-state index contributed by atoms with van der Waals surface area (Å²) in [6, 6.07) is 14.3. The van der Waals surface area contributed by atoms with Crippen LogP contribution in [-0.4, -0.2) is 27.9 Å². The zero-order valence-corrected chi connectivity index (χ0v) is 15.6. The third kappa shape index (κ3) is 4.13. The number of carbonyl (C=O) groups excluding carboxylic acids is 1. The van der Waals surface area contributed by atoms with E-state index in [1.165, 1.54) is 4.90 Å². The lowest BCUT2D eigenvalue weighted by atomic mass is 10.1. The van der Waals surface area contributed by atoms with Crippen LogP contribution in [0.3, 0.4) is 0 Å². The van der Waals surface area contributed by atoms with Crippen molar-refractivity contribution in [2.24, 2.45) is 0 Å². The van der Waals surface area contributed by atoms with E-state index < -0.39 is 0 Å². The van der Waals surface area contributed by atoms with Crippen LogP contribution in [0.25, 0.3) is 11.5 Å². The first-order valence-electron chi connectivity index (χ1n) is 8.77. The molecular weight excluding hydrogens is 354 g/mol. The van der Waals surface area contributed by atoms with Gasteiger partial charge in [0.25, 0.3) is 5.56 Å². The summed E-state index contributed by atoms with van der Waals surface area (Å²) in [6.45, 7) is 1.75. The van der Waals surface area contributed by atoms with Gasteiger partial charge in [0.05, 0.1) is 11.6 Å². The van der Waals surface area contributed by atoms with E-state index in [1.807, 2.05) is 6.07 Å². The molecule has 0 fully saturated rings. The average molecular weight is 373 g/mol. The Morgan fingerprint density at radius 3 is 2.75 bits per heavy atom. The summed E-state index contributed by atoms with van der Waals surface area (Å²) in [5.41, 5.74) is 2.49. The number of hydrogen-bond acceptors (Lipinski definition) is 5. The van der Waals surface area contributed by atoms with Crippen molar-refractivity contribution in [1.29, 1.82) is 5.26 Å². The minimum absolute atomic E-state index is 0.150. The first-order chi connectivity index (χ1) is 13.5. The molecule has 0 atom stereocenters. The number of aromatic nitrogens is 3. The summed E-state index contributed by atoms with van der Waals surface area (Å²) >= 11 is 0. The maximum Gasteiger partial charge on any atom is 0.254 e. The van der Waals surface area contributed by atoms with Crippen LogP contribution in [0.15, 0.2) is 53.5 Å². The van der Waals surface area contributed by atoms with Crippen LogP contribution in [0.5, 0.6) is 0 Å². The van der Waals surface area contributed by atoms with Gasteiger partial charge in [0.1, 0.15) is 5.69 Å². The zero-order chi connectivity index (χ0) is 20.1. The highest BCUT2D eigenvalue weighted by molar-refractivity contribution is 5.93. The second kappa shape index (κ2) is 8.27. The lowest BCUT2D eigenvalue weighted by Gasteiger charge is -2.17. The number of nitrogens with one attached hydrogen (secondary N) is 1. The molecule has 0 unspecified atom stereocenters. The molecule has 0 aliphatic rings. The van der Waals surface area contributed by atoms with Crippen LogP contribution in [-0.2, 0) is 11.2 Å². The Balaban J connectivity index is 1.74. The Hall–Kier alpha value is -3.79. The summed E-state index contributed by atoms with van der Waals surface area (Å²) in [5.74, 6) is 0.256. The monoisotopic (exact) mass is 373 g/mol. The Kier molecular flexibility index (Phi) is 5.61. The highest BCUT2D eigenvalue weighted by Crippen LogP contribution is 2.16. The van der Waals surface area contributed by atoms with Crippen molar-refractivity contribution in [2.45, 2.75) is 19.8 Å². The van der Waals surface area contributed by atoms with E-state index in [2.05, 4.69) is 21.0 Å². The Morgan fingerprint density at radius 1 is 1.25 bits per heavy atom. The Labute approximate surface area is 162 Å². The normalized spacial score (nSPS) is 10.3. The number of amides is 1. The predicted octanol–water partition coefficient (Wildman–Crippen LogP) is 2.61. The average Bonchev–Trinajstić information content (AvgIpc) is 2.73. The van der Waals surface area contributed by atoms with Gasteiger partial charge in [0.15, 0.2) is 5.82 Å². The van der Waals surface area contributed by atoms with Crippen LogP contribution < -0.4 is 10.5 Å². The Bertz CT molecular complexity index is 1100. The number of H-pyrrole nitrogens is 1. The van der Waals surface area contributed by atoms with Gasteiger partial charge in [0, 0.05) is 36.6 Å². The summed E-state index contributed by atoms with van der Waals surface area (Å²) < 4.78 is 0. The molecular formula is C21H19N5O2. The molecule has 2 heterocycles. The van der Waals surface area contributed by atoms with Crippen LogP contribution in [0.4, 0.5) is 5.69 Å². The molecule has 140 valence electrons. The standard InChI is InChI=1S/C21H19N5O2/c1-14-17(21(28)25-20(24-14)18-8-3-4-11-23-18)9-10-19(27)26(2)16-7-5-6-15(12-16)13-22/h3-8,11-12H,9-10H2,1-2H3,(H,24,25,28). The fourth-order valence-corrected chi connectivity index (χ4v) is 2.86. The highest BCUT2D eigenvalue weighted by Gasteiger charge is 2.15. The number of nitrogens with zero attached hydrogens (tertiary/aromatic N) is 4. The Morgan fingerprint density at radius 2 is 2.07 bits per heavy atom. The van der Waals surface area contributed by atoms with Gasteiger partial charge in [-0.05, 0) is 43.7 Å². The molecule has 0 saturated heterocycles. The van der Waals surface area contributed by atoms with Crippen molar-refractivity contribution in [2.75, 3.05) is 11.9 Å². The molecule has 1 N–H and O–H groups in total. The number of aromatic amines is 1. The van der Waals surface area contributed by atoms with E-state index >= 15 is 0 Å². The second-order valence-corrected chi connectivity index (χ2v) is 6.31. The third-order valence-electron chi connectivity index (χ3n) is 4.46. The maximum absolute atomic E-state index is 12.5. The number of carbonyl (C=O) groups is 1.